The van der Waals surface area contributed by atoms with Gasteiger partial charge in [-0.1, -0.05) is 30.3 Å². The topological polar surface area (TPSA) is 75.3 Å². The molecule has 1 amide bonds. The van der Waals surface area contributed by atoms with E-state index in [1.807, 2.05) is 48.5 Å². The summed E-state index contributed by atoms with van der Waals surface area (Å²) in [4.78, 5) is 12.3. The second kappa shape index (κ2) is 7.68. The molecule has 0 radical (unpaired) electrons. The lowest BCUT2D eigenvalue weighted by atomic mass is 10.1. The molecule has 28 heavy (non-hydrogen) atoms. The number of furan rings is 1. The molecule has 0 aliphatic carbocycles. The molecule has 0 saturated carbocycles. The van der Waals surface area contributed by atoms with Crippen molar-refractivity contribution in [3.8, 4) is 11.8 Å². The van der Waals surface area contributed by atoms with Crippen LogP contribution >= 0.6 is 0 Å². The largest absolute Gasteiger partial charge is 0.486 e. The van der Waals surface area contributed by atoms with Gasteiger partial charge in [-0.25, -0.2) is 0 Å². The average Bonchev–Trinajstić information content (AvgIpc) is 3.22. The van der Waals surface area contributed by atoms with Crippen molar-refractivity contribution in [2.75, 3.05) is 5.32 Å². The maximum atomic E-state index is 12.3. The van der Waals surface area contributed by atoms with E-state index in [9.17, 15) is 4.79 Å². The van der Waals surface area contributed by atoms with Gasteiger partial charge in [-0.15, -0.1) is 0 Å². The Bertz CT molecular complexity index is 1170. The molecule has 1 N–H and O–H groups in total. The number of fused-ring (bicyclic) bond motifs is 1. The summed E-state index contributed by atoms with van der Waals surface area (Å²) in [5.41, 5.74) is 1.12. The third-order valence-corrected chi connectivity index (χ3v) is 4.26. The van der Waals surface area contributed by atoms with Gasteiger partial charge in [0, 0.05) is 5.69 Å². The molecule has 0 bridgehead atoms. The van der Waals surface area contributed by atoms with Crippen LogP contribution in [0.4, 0.5) is 5.69 Å². The number of benzene rings is 3. The van der Waals surface area contributed by atoms with Gasteiger partial charge in [0.1, 0.15) is 18.1 Å². The first-order valence-electron chi connectivity index (χ1n) is 8.73. The highest BCUT2D eigenvalue weighted by Gasteiger charge is 2.12. The monoisotopic (exact) mass is 368 g/mol. The zero-order valence-electron chi connectivity index (χ0n) is 14.9. The lowest BCUT2D eigenvalue weighted by Crippen LogP contribution is -2.10. The van der Waals surface area contributed by atoms with Crippen molar-refractivity contribution in [2.45, 2.75) is 6.61 Å². The van der Waals surface area contributed by atoms with E-state index in [0.29, 0.717) is 17.0 Å². The number of carbonyl (C=O) groups excluding carboxylic acids is 1. The first-order chi connectivity index (χ1) is 13.7. The van der Waals surface area contributed by atoms with E-state index in [1.54, 1.807) is 36.4 Å². The number of hydrogen-bond acceptors (Lipinski definition) is 4. The number of anilines is 1. The van der Waals surface area contributed by atoms with Crippen LogP contribution in [0.2, 0.25) is 0 Å². The average molecular weight is 368 g/mol. The molecule has 1 aromatic heterocycles. The van der Waals surface area contributed by atoms with Gasteiger partial charge in [0.15, 0.2) is 5.76 Å². The Kier molecular flexibility index (Phi) is 4.77. The molecule has 136 valence electrons. The lowest BCUT2D eigenvalue weighted by Gasteiger charge is -2.06. The van der Waals surface area contributed by atoms with Crippen molar-refractivity contribution < 1.29 is 13.9 Å². The molecule has 0 saturated heterocycles. The van der Waals surface area contributed by atoms with Crippen molar-refractivity contribution in [1.82, 2.24) is 0 Å². The van der Waals surface area contributed by atoms with E-state index in [-0.39, 0.29) is 18.3 Å². The first-order valence-corrected chi connectivity index (χ1v) is 8.73. The predicted octanol–water partition coefficient (Wildman–Crippen LogP) is 5.14. The minimum Gasteiger partial charge on any atom is -0.486 e. The van der Waals surface area contributed by atoms with Gasteiger partial charge in [0.25, 0.3) is 5.91 Å². The number of carbonyl (C=O) groups is 1. The van der Waals surface area contributed by atoms with E-state index in [4.69, 9.17) is 14.4 Å². The van der Waals surface area contributed by atoms with Crippen molar-refractivity contribution >= 4 is 22.4 Å². The number of rotatable bonds is 5. The van der Waals surface area contributed by atoms with Crippen LogP contribution in [0.1, 0.15) is 21.9 Å². The molecule has 4 aromatic rings. The molecule has 1 heterocycles. The fourth-order valence-corrected chi connectivity index (χ4v) is 2.81. The summed E-state index contributed by atoms with van der Waals surface area (Å²) in [7, 11) is 0. The molecule has 4 rings (SSSR count). The highest BCUT2D eigenvalue weighted by atomic mass is 16.5. The van der Waals surface area contributed by atoms with Crippen LogP contribution < -0.4 is 10.1 Å². The summed E-state index contributed by atoms with van der Waals surface area (Å²) in [6, 6.07) is 25.9. The van der Waals surface area contributed by atoms with Crippen molar-refractivity contribution in [3.63, 3.8) is 0 Å². The van der Waals surface area contributed by atoms with Crippen LogP contribution in [0, 0.1) is 11.3 Å². The summed E-state index contributed by atoms with van der Waals surface area (Å²) in [6.45, 7) is 0.225. The normalized spacial score (nSPS) is 10.4. The molecule has 0 atom stereocenters. The predicted molar refractivity (Wildman–Crippen MR) is 106 cm³/mol. The van der Waals surface area contributed by atoms with E-state index >= 15 is 0 Å². The number of amides is 1. The van der Waals surface area contributed by atoms with Crippen molar-refractivity contribution in [3.05, 3.63) is 95.9 Å². The zero-order valence-corrected chi connectivity index (χ0v) is 14.9. The molecular weight excluding hydrogens is 352 g/mol. The summed E-state index contributed by atoms with van der Waals surface area (Å²) >= 11 is 0. The Hall–Kier alpha value is -4.04. The van der Waals surface area contributed by atoms with Crippen LogP contribution in [-0.2, 0) is 6.61 Å². The van der Waals surface area contributed by atoms with Crippen molar-refractivity contribution in [2.24, 2.45) is 0 Å². The van der Waals surface area contributed by atoms with Gasteiger partial charge in [0.2, 0.25) is 0 Å². The minimum absolute atomic E-state index is 0.196. The number of hydrogen-bond donors (Lipinski definition) is 1. The maximum Gasteiger partial charge on any atom is 0.291 e. The first kappa shape index (κ1) is 17.4. The molecule has 0 aliphatic rings. The van der Waals surface area contributed by atoms with E-state index in [1.165, 1.54) is 0 Å². The molecule has 0 unspecified atom stereocenters. The van der Waals surface area contributed by atoms with Gasteiger partial charge >= 0.3 is 0 Å². The van der Waals surface area contributed by atoms with Gasteiger partial charge in [-0.05, 0) is 59.3 Å². The molecular formula is C23H16N2O3. The molecule has 5 heteroatoms. The molecule has 0 fully saturated rings. The third kappa shape index (κ3) is 3.87. The molecule has 0 aliphatic heterocycles. The number of nitriles is 1. The van der Waals surface area contributed by atoms with Gasteiger partial charge in [0.05, 0.1) is 11.6 Å². The fourth-order valence-electron chi connectivity index (χ4n) is 2.81. The van der Waals surface area contributed by atoms with Crippen LogP contribution in [0.15, 0.2) is 83.3 Å². The summed E-state index contributed by atoms with van der Waals surface area (Å²) in [5, 5.41) is 13.8. The van der Waals surface area contributed by atoms with E-state index in [0.717, 1.165) is 16.5 Å². The Labute approximate surface area is 161 Å². The van der Waals surface area contributed by atoms with Crippen molar-refractivity contribution in [1.29, 1.82) is 5.26 Å². The summed E-state index contributed by atoms with van der Waals surface area (Å²) in [5.74, 6) is 1.12. The quantitative estimate of drug-likeness (QED) is 0.529. The van der Waals surface area contributed by atoms with E-state index < -0.39 is 0 Å². The Morgan fingerprint density at radius 1 is 0.964 bits per heavy atom. The smallest absolute Gasteiger partial charge is 0.291 e. The number of nitrogens with zero attached hydrogens (tertiary/aromatic N) is 1. The SMILES string of the molecule is N#Cc1ccc(NC(=O)c2ccc(COc3ccc4ccccc4c3)o2)cc1. The molecule has 5 nitrogen and oxygen atoms in total. The third-order valence-electron chi connectivity index (χ3n) is 4.26. The number of nitrogens with one attached hydrogen (secondary N) is 1. The van der Waals surface area contributed by atoms with Crippen LogP contribution in [0.25, 0.3) is 10.8 Å². The van der Waals surface area contributed by atoms with Gasteiger partial charge < -0.3 is 14.5 Å². The fraction of sp³-hybridized carbons (Fsp3) is 0.0435. The van der Waals surface area contributed by atoms with Gasteiger partial charge in [-0.3, -0.25) is 4.79 Å². The molecule has 0 spiro atoms. The second-order valence-corrected chi connectivity index (χ2v) is 6.21. The standard InChI is InChI=1S/C23H16N2O3/c24-14-16-5-8-19(9-6-16)25-23(26)22-12-11-21(28-22)15-27-20-10-7-17-3-1-2-4-18(17)13-20/h1-13H,15H2,(H,25,26). The lowest BCUT2D eigenvalue weighted by molar-refractivity contribution is 0.0992. The summed E-state index contributed by atoms with van der Waals surface area (Å²) < 4.78 is 11.4. The van der Waals surface area contributed by atoms with E-state index in [2.05, 4.69) is 5.32 Å². The summed E-state index contributed by atoms with van der Waals surface area (Å²) in [6.07, 6.45) is 0. The van der Waals surface area contributed by atoms with Crippen LogP contribution in [-0.4, -0.2) is 5.91 Å². The Morgan fingerprint density at radius 2 is 1.75 bits per heavy atom. The number of ether oxygens (including phenoxy) is 1. The minimum atomic E-state index is -0.360. The molecule has 3 aromatic carbocycles. The highest BCUT2D eigenvalue weighted by Crippen LogP contribution is 2.22. The van der Waals surface area contributed by atoms with Crippen LogP contribution in [0.5, 0.6) is 5.75 Å². The second-order valence-electron chi connectivity index (χ2n) is 6.21. The Balaban J connectivity index is 1.39. The maximum absolute atomic E-state index is 12.3. The Morgan fingerprint density at radius 3 is 2.54 bits per heavy atom. The highest BCUT2D eigenvalue weighted by molar-refractivity contribution is 6.02. The van der Waals surface area contributed by atoms with Crippen LogP contribution in [0.3, 0.4) is 0 Å². The zero-order chi connectivity index (χ0) is 19.3. The van der Waals surface area contributed by atoms with Gasteiger partial charge in [-0.2, -0.15) is 5.26 Å².